The lowest BCUT2D eigenvalue weighted by Crippen LogP contribution is -2.13. The van der Waals surface area contributed by atoms with E-state index in [4.69, 9.17) is 5.14 Å². The van der Waals surface area contributed by atoms with E-state index in [1.807, 2.05) is 0 Å². The third-order valence-corrected chi connectivity index (χ3v) is 4.28. The Morgan fingerprint density at radius 2 is 1.83 bits per heavy atom. The molecule has 0 aliphatic rings. The molecule has 2 aromatic carbocycles. The number of hydrogen-bond donors (Lipinski definition) is 2. The maximum absolute atomic E-state index is 13.4. The first kappa shape index (κ1) is 17.1. The van der Waals surface area contributed by atoms with Gasteiger partial charge in [0.25, 0.3) is 0 Å². The number of aryl methyl sites for hydroxylation is 2. The van der Waals surface area contributed by atoms with Crippen molar-refractivity contribution < 1.29 is 17.6 Å². The summed E-state index contributed by atoms with van der Waals surface area (Å²) >= 11 is 0. The van der Waals surface area contributed by atoms with E-state index in [9.17, 15) is 17.6 Å². The fourth-order valence-electron chi connectivity index (χ4n) is 2.00. The fraction of sp³-hybridized carbons (Fsp3) is 0.188. The van der Waals surface area contributed by atoms with Crippen LogP contribution in [0.4, 0.5) is 10.1 Å². The van der Waals surface area contributed by atoms with Gasteiger partial charge in [0.15, 0.2) is 0 Å². The van der Waals surface area contributed by atoms with Crippen molar-refractivity contribution in [2.45, 2.75) is 24.7 Å². The van der Waals surface area contributed by atoms with E-state index in [0.717, 1.165) is 5.56 Å². The van der Waals surface area contributed by atoms with Crippen LogP contribution in [0.15, 0.2) is 47.4 Å². The predicted octanol–water partition coefficient (Wildman–Crippen LogP) is 2.35. The third-order valence-electron chi connectivity index (χ3n) is 3.35. The van der Waals surface area contributed by atoms with Crippen LogP contribution in [0, 0.1) is 12.7 Å². The highest BCUT2D eigenvalue weighted by molar-refractivity contribution is 7.89. The average molecular weight is 336 g/mol. The highest BCUT2D eigenvalue weighted by Crippen LogP contribution is 2.15. The molecule has 0 aliphatic heterocycles. The molecule has 0 bridgehead atoms. The van der Waals surface area contributed by atoms with Crippen LogP contribution in [0.3, 0.4) is 0 Å². The van der Waals surface area contributed by atoms with Gasteiger partial charge in [-0.15, -0.1) is 0 Å². The van der Waals surface area contributed by atoms with Crippen LogP contribution in [-0.4, -0.2) is 14.3 Å². The Balaban J connectivity index is 1.92. The summed E-state index contributed by atoms with van der Waals surface area (Å²) in [7, 11) is -3.71. The van der Waals surface area contributed by atoms with Crippen LogP contribution < -0.4 is 10.5 Å². The van der Waals surface area contributed by atoms with Crippen LogP contribution in [0.1, 0.15) is 17.5 Å². The number of amides is 1. The van der Waals surface area contributed by atoms with Gasteiger partial charge >= 0.3 is 0 Å². The van der Waals surface area contributed by atoms with Gasteiger partial charge in [-0.3, -0.25) is 4.79 Å². The van der Waals surface area contributed by atoms with Gasteiger partial charge < -0.3 is 5.32 Å². The van der Waals surface area contributed by atoms with Crippen molar-refractivity contribution >= 4 is 21.6 Å². The third kappa shape index (κ3) is 4.87. The molecule has 5 nitrogen and oxygen atoms in total. The Hall–Kier alpha value is -2.25. The standard InChI is InChI=1S/C16H17FN2O3S/c1-11-2-6-13(10-15(11)17)19-16(20)9-5-12-3-7-14(8-4-12)23(18,21)22/h2-4,6-8,10H,5,9H2,1H3,(H,19,20)(H2,18,21,22). The van der Waals surface area contributed by atoms with Crippen molar-refractivity contribution in [2.75, 3.05) is 5.32 Å². The molecular weight excluding hydrogens is 319 g/mol. The molecule has 0 fully saturated rings. The van der Waals surface area contributed by atoms with E-state index < -0.39 is 10.0 Å². The second kappa shape index (κ2) is 6.89. The molecule has 0 radical (unpaired) electrons. The number of rotatable bonds is 5. The first-order chi connectivity index (χ1) is 10.8. The molecule has 2 rings (SSSR count). The van der Waals surface area contributed by atoms with Crippen LogP contribution in [0.2, 0.25) is 0 Å². The maximum Gasteiger partial charge on any atom is 0.238 e. The summed E-state index contributed by atoms with van der Waals surface area (Å²) in [6, 6.07) is 10.5. The van der Waals surface area contributed by atoms with Crippen molar-refractivity contribution in [3.05, 3.63) is 59.4 Å². The normalized spacial score (nSPS) is 11.3. The lowest BCUT2D eigenvalue weighted by atomic mass is 10.1. The molecule has 0 saturated carbocycles. The zero-order valence-corrected chi connectivity index (χ0v) is 13.4. The first-order valence-corrected chi connectivity index (χ1v) is 8.48. The minimum atomic E-state index is -3.71. The lowest BCUT2D eigenvalue weighted by molar-refractivity contribution is -0.116. The smallest absolute Gasteiger partial charge is 0.238 e. The summed E-state index contributed by atoms with van der Waals surface area (Å²) in [5, 5.41) is 7.64. The second-order valence-corrected chi connectivity index (χ2v) is 6.76. The van der Waals surface area contributed by atoms with Crippen molar-refractivity contribution in [1.82, 2.24) is 0 Å². The molecule has 0 aliphatic carbocycles. The molecule has 0 unspecified atom stereocenters. The Morgan fingerprint density at radius 1 is 1.17 bits per heavy atom. The number of anilines is 1. The van der Waals surface area contributed by atoms with Gasteiger partial charge in [-0.2, -0.15) is 0 Å². The Bertz CT molecular complexity index is 818. The molecule has 0 atom stereocenters. The van der Waals surface area contributed by atoms with E-state index in [-0.39, 0.29) is 23.0 Å². The number of carbonyl (C=O) groups is 1. The average Bonchev–Trinajstić information content (AvgIpc) is 2.48. The number of halogens is 1. The molecule has 7 heteroatoms. The SMILES string of the molecule is Cc1ccc(NC(=O)CCc2ccc(S(N)(=O)=O)cc2)cc1F. The number of primary sulfonamides is 1. The second-order valence-electron chi connectivity index (χ2n) is 5.20. The summed E-state index contributed by atoms with van der Waals surface area (Å²) < 4.78 is 35.7. The first-order valence-electron chi connectivity index (χ1n) is 6.93. The van der Waals surface area contributed by atoms with Crippen LogP contribution in [0.5, 0.6) is 0 Å². The highest BCUT2D eigenvalue weighted by atomic mass is 32.2. The number of carbonyl (C=O) groups excluding carboxylic acids is 1. The van der Waals surface area contributed by atoms with E-state index in [1.54, 1.807) is 31.2 Å². The molecule has 23 heavy (non-hydrogen) atoms. The van der Waals surface area contributed by atoms with Crippen LogP contribution in [-0.2, 0) is 21.2 Å². The summed E-state index contributed by atoms with van der Waals surface area (Å²) in [5.41, 5.74) is 1.73. The van der Waals surface area contributed by atoms with Crippen molar-refractivity contribution in [2.24, 2.45) is 5.14 Å². The quantitative estimate of drug-likeness (QED) is 0.878. The molecule has 122 valence electrons. The van der Waals surface area contributed by atoms with E-state index in [0.29, 0.717) is 17.7 Å². The minimum Gasteiger partial charge on any atom is -0.326 e. The summed E-state index contributed by atoms with van der Waals surface area (Å²) in [6.45, 7) is 1.64. The molecule has 3 N–H and O–H groups in total. The molecule has 2 aromatic rings. The molecular formula is C16H17FN2O3S. The number of sulfonamides is 1. The van der Waals surface area contributed by atoms with E-state index in [1.165, 1.54) is 18.2 Å². The van der Waals surface area contributed by atoms with Crippen molar-refractivity contribution in [3.8, 4) is 0 Å². The Morgan fingerprint density at radius 3 is 2.39 bits per heavy atom. The Kier molecular flexibility index (Phi) is 5.12. The van der Waals surface area contributed by atoms with Crippen molar-refractivity contribution in [3.63, 3.8) is 0 Å². The largest absolute Gasteiger partial charge is 0.326 e. The van der Waals surface area contributed by atoms with Crippen LogP contribution in [0.25, 0.3) is 0 Å². The highest BCUT2D eigenvalue weighted by Gasteiger charge is 2.08. The molecule has 0 aromatic heterocycles. The van der Waals surface area contributed by atoms with Gasteiger partial charge in [0, 0.05) is 12.1 Å². The van der Waals surface area contributed by atoms with Gasteiger partial charge in [-0.25, -0.2) is 17.9 Å². The van der Waals surface area contributed by atoms with E-state index in [2.05, 4.69) is 5.32 Å². The van der Waals surface area contributed by atoms with Gasteiger partial charge in [-0.1, -0.05) is 18.2 Å². The zero-order chi connectivity index (χ0) is 17.0. The fourth-order valence-corrected chi connectivity index (χ4v) is 2.51. The summed E-state index contributed by atoms with van der Waals surface area (Å²) in [4.78, 5) is 11.9. The molecule has 0 saturated heterocycles. The number of benzene rings is 2. The van der Waals surface area contributed by atoms with Gasteiger partial charge in [0.1, 0.15) is 5.82 Å². The van der Waals surface area contributed by atoms with E-state index >= 15 is 0 Å². The number of nitrogens with one attached hydrogen (secondary N) is 1. The summed E-state index contributed by atoms with van der Waals surface area (Å²) in [5.74, 6) is -0.620. The lowest BCUT2D eigenvalue weighted by Gasteiger charge is -2.07. The molecule has 0 spiro atoms. The Labute approximate surface area is 134 Å². The maximum atomic E-state index is 13.4. The van der Waals surface area contributed by atoms with Crippen molar-refractivity contribution in [1.29, 1.82) is 0 Å². The monoisotopic (exact) mass is 336 g/mol. The topological polar surface area (TPSA) is 89.3 Å². The molecule has 1 amide bonds. The number of hydrogen-bond acceptors (Lipinski definition) is 3. The van der Waals surface area contributed by atoms with Gasteiger partial charge in [-0.05, 0) is 48.7 Å². The number of nitrogens with two attached hydrogens (primary N) is 1. The predicted molar refractivity (Wildman–Crippen MR) is 85.9 cm³/mol. The minimum absolute atomic E-state index is 0.0285. The zero-order valence-electron chi connectivity index (χ0n) is 12.5. The summed E-state index contributed by atoms with van der Waals surface area (Å²) in [6.07, 6.45) is 0.634. The van der Waals surface area contributed by atoms with Gasteiger partial charge in [0.05, 0.1) is 4.90 Å². The molecule has 0 heterocycles. The van der Waals surface area contributed by atoms with Gasteiger partial charge in [0.2, 0.25) is 15.9 Å². The van der Waals surface area contributed by atoms with Crippen LogP contribution >= 0.6 is 0 Å².